The van der Waals surface area contributed by atoms with E-state index in [0.717, 1.165) is 0 Å². The standard InChI is InChI=1S/C5H10O2.C2H4Cl2/c1-4(2)7-5(3)6;1-2(3)4/h4H,1-3H3;2H,1H3. The Bertz CT molecular complexity index is 99.9. The first-order valence-electron chi connectivity index (χ1n) is 3.31. The number of esters is 1. The van der Waals surface area contributed by atoms with Gasteiger partial charge in [-0.2, -0.15) is 0 Å². The van der Waals surface area contributed by atoms with Gasteiger partial charge < -0.3 is 4.74 Å². The Labute approximate surface area is 77.8 Å². The number of hydrogen-bond acceptors (Lipinski definition) is 2. The molecular weight excluding hydrogens is 187 g/mol. The van der Waals surface area contributed by atoms with Crippen LogP contribution in [-0.2, 0) is 9.53 Å². The first kappa shape index (κ1) is 13.6. The number of halogens is 2. The summed E-state index contributed by atoms with van der Waals surface area (Å²) in [6, 6.07) is 0. The van der Waals surface area contributed by atoms with Crippen LogP contribution >= 0.6 is 23.2 Å². The first-order chi connectivity index (χ1) is 4.86. The largest absolute Gasteiger partial charge is 0.463 e. The molecule has 2 nitrogen and oxygen atoms in total. The highest BCUT2D eigenvalue weighted by Crippen LogP contribution is 1.95. The fraction of sp³-hybridized carbons (Fsp3) is 0.857. The lowest BCUT2D eigenvalue weighted by Crippen LogP contribution is -2.06. The summed E-state index contributed by atoms with van der Waals surface area (Å²) < 4.78 is 4.61. The van der Waals surface area contributed by atoms with E-state index in [2.05, 4.69) is 4.74 Å². The van der Waals surface area contributed by atoms with Gasteiger partial charge in [-0.25, -0.2) is 0 Å². The maximum Gasteiger partial charge on any atom is 0.302 e. The fourth-order valence-electron chi connectivity index (χ4n) is 0.332. The van der Waals surface area contributed by atoms with E-state index in [1.54, 1.807) is 6.92 Å². The maximum absolute atomic E-state index is 10.0. The van der Waals surface area contributed by atoms with Gasteiger partial charge in [0.05, 0.1) is 6.10 Å². The van der Waals surface area contributed by atoms with E-state index < -0.39 is 0 Å². The van der Waals surface area contributed by atoms with Crippen LogP contribution in [0.15, 0.2) is 0 Å². The second-order valence-electron chi connectivity index (χ2n) is 2.18. The van der Waals surface area contributed by atoms with Crippen LogP contribution in [-0.4, -0.2) is 16.9 Å². The van der Waals surface area contributed by atoms with Crippen molar-refractivity contribution in [3.05, 3.63) is 0 Å². The summed E-state index contributed by atoms with van der Waals surface area (Å²) in [7, 11) is 0. The number of hydrogen-bond donors (Lipinski definition) is 0. The van der Waals surface area contributed by atoms with E-state index in [0.29, 0.717) is 0 Å². The van der Waals surface area contributed by atoms with Gasteiger partial charge in [0.25, 0.3) is 0 Å². The summed E-state index contributed by atoms with van der Waals surface area (Å²) in [5.41, 5.74) is 0. The van der Waals surface area contributed by atoms with Gasteiger partial charge in [-0.1, -0.05) is 0 Å². The molecule has 0 amide bonds. The molecule has 0 radical (unpaired) electrons. The van der Waals surface area contributed by atoms with Crippen LogP contribution in [0.3, 0.4) is 0 Å². The lowest BCUT2D eigenvalue weighted by atomic mass is 10.5. The predicted octanol–water partition coefficient (Wildman–Crippen LogP) is 2.77. The number of carbonyl (C=O) groups is 1. The SMILES string of the molecule is CC(=O)OC(C)C.CC(Cl)Cl. The topological polar surface area (TPSA) is 26.3 Å². The highest BCUT2D eigenvalue weighted by Gasteiger charge is 1.93. The summed E-state index contributed by atoms with van der Waals surface area (Å²) >= 11 is 10.1. The smallest absolute Gasteiger partial charge is 0.302 e. The molecule has 0 bridgehead atoms. The van der Waals surface area contributed by atoms with Crippen molar-refractivity contribution in [2.24, 2.45) is 0 Å². The molecule has 0 saturated heterocycles. The third-order valence-corrected chi connectivity index (χ3v) is 0.402. The molecule has 0 N–H and O–H groups in total. The van der Waals surface area contributed by atoms with Crippen molar-refractivity contribution in [3.8, 4) is 0 Å². The quantitative estimate of drug-likeness (QED) is 0.481. The van der Waals surface area contributed by atoms with Crippen LogP contribution in [0.2, 0.25) is 0 Å². The third-order valence-electron chi connectivity index (χ3n) is 0.402. The lowest BCUT2D eigenvalue weighted by Gasteiger charge is -2.01. The fourth-order valence-corrected chi connectivity index (χ4v) is 0.332. The molecular formula is C7H14Cl2O2. The second-order valence-corrected chi connectivity index (χ2v) is 3.71. The predicted molar refractivity (Wildman–Crippen MR) is 48.1 cm³/mol. The molecule has 0 aromatic heterocycles. The molecule has 0 aliphatic rings. The number of carbonyl (C=O) groups excluding carboxylic acids is 1. The van der Waals surface area contributed by atoms with Crippen LogP contribution in [0.5, 0.6) is 0 Å². The highest BCUT2D eigenvalue weighted by molar-refractivity contribution is 6.43. The number of alkyl halides is 2. The minimum absolute atomic E-state index is 0.0255. The van der Waals surface area contributed by atoms with E-state index in [1.807, 2.05) is 13.8 Å². The Kier molecular flexibility index (Phi) is 10.1. The average molecular weight is 201 g/mol. The normalized spacial score (nSPS) is 9.09. The van der Waals surface area contributed by atoms with Crippen molar-refractivity contribution in [2.75, 3.05) is 0 Å². The maximum atomic E-state index is 10.0. The molecule has 4 heteroatoms. The lowest BCUT2D eigenvalue weighted by molar-refractivity contribution is -0.144. The van der Waals surface area contributed by atoms with Crippen LogP contribution in [0.1, 0.15) is 27.7 Å². The van der Waals surface area contributed by atoms with Gasteiger partial charge in [0.2, 0.25) is 0 Å². The van der Waals surface area contributed by atoms with Crippen LogP contribution in [0.25, 0.3) is 0 Å². The molecule has 0 aliphatic carbocycles. The van der Waals surface area contributed by atoms with E-state index in [-0.39, 0.29) is 16.9 Å². The molecule has 68 valence electrons. The molecule has 0 rings (SSSR count). The second kappa shape index (κ2) is 8.15. The zero-order chi connectivity index (χ0) is 9.44. The molecule has 0 spiro atoms. The minimum atomic E-state index is -0.222. The summed E-state index contributed by atoms with van der Waals surface area (Å²) in [5, 5.41) is 0. The van der Waals surface area contributed by atoms with Gasteiger partial charge in [0, 0.05) is 6.92 Å². The van der Waals surface area contributed by atoms with Gasteiger partial charge in [-0.15, -0.1) is 23.2 Å². The average Bonchev–Trinajstić information content (AvgIpc) is 1.56. The summed E-state index contributed by atoms with van der Waals surface area (Å²) in [4.78, 5) is 9.81. The molecule has 0 heterocycles. The molecule has 0 aromatic carbocycles. The van der Waals surface area contributed by atoms with Crippen molar-refractivity contribution in [3.63, 3.8) is 0 Å². The van der Waals surface area contributed by atoms with Crippen molar-refractivity contribution in [2.45, 2.75) is 38.6 Å². The molecule has 11 heavy (non-hydrogen) atoms. The van der Waals surface area contributed by atoms with Gasteiger partial charge in [0.1, 0.15) is 4.84 Å². The Morgan fingerprint density at radius 1 is 1.27 bits per heavy atom. The van der Waals surface area contributed by atoms with E-state index in [9.17, 15) is 4.79 Å². The molecule has 0 unspecified atom stereocenters. The highest BCUT2D eigenvalue weighted by atomic mass is 35.5. The summed E-state index contributed by atoms with van der Waals surface area (Å²) in [6.07, 6.45) is 0.0255. The van der Waals surface area contributed by atoms with E-state index in [1.165, 1.54) is 6.92 Å². The zero-order valence-corrected chi connectivity index (χ0v) is 8.74. The van der Waals surface area contributed by atoms with Crippen molar-refractivity contribution < 1.29 is 9.53 Å². The zero-order valence-electron chi connectivity index (χ0n) is 7.23. The van der Waals surface area contributed by atoms with Crippen LogP contribution < -0.4 is 0 Å². The molecule has 0 saturated carbocycles. The monoisotopic (exact) mass is 200 g/mol. The summed E-state index contributed by atoms with van der Waals surface area (Å²) in [5.74, 6) is -0.213. The minimum Gasteiger partial charge on any atom is -0.463 e. The van der Waals surface area contributed by atoms with Crippen molar-refractivity contribution in [1.29, 1.82) is 0 Å². The number of ether oxygens (including phenoxy) is 1. The molecule has 0 aliphatic heterocycles. The van der Waals surface area contributed by atoms with Gasteiger partial charge in [-0.3, -0.25) is 4.79 Å². The molecule has 0 atom stereocenters. The van der Waals surface area contributed by atoms with Crippen molar-refractivity contribution in [1.82, 2.24) is 0 Å². The number of rotatable bonds is 1. The van der Waals surface area contributed by atoms with Gasteiger partial charge in [-0.05, 0) is 20.8 Å². The Hall–Kier alpha value is 0.0500. The van der Waals surface area contributed by atoms with Crippen molar-refractivity contribution >= 4 is 29.2 Å². The Morgan fingerprint density at radius 3 is 1.55 bits per heavy atom. The van der Waals surface area contributed by atoms with Gasteiger partial charge >= 0.3 is 5.97 Å². The Balaban J connectivity index is 0. The van der Waals surface area contributed by atoms with Crippen LogP contribution in [0, 0.1) is 0 Å². The van der Waals surface area contributed by atoms with E-state index >= 15 is 0 Å². The Morgan fingerprint density at radius 2 is 1.55 bits per heavy atom. The van der Waals surface area contributed by atoms with E-state index in [4.69, 9.17) is 23.2 Å². The van der Waals surface area contributed by atoms with Gasteiger partial charge in [0.15, 0.2) is 0 Å². The molecule has 0 aromatic rings. The van der Waals surface area contributed by atoms with Crippen LogP contribution in [0.4, 0.5) is 0 Å². The third kappa shape index (κ3) is 39.7. The first-order valence-corrected chi connectivity index (χ1v) is 4.19. The molecule has 0 fully saturated rings. The summed E-state index contributed by atoms with van der Waals surface area (Å²) in [6.45, 7) is 6.74.